The van der Waals surface area contributed by atoms with Gasteiger partial charge in [-0.15, -0.1) is 0 Å². The molecule has 184 valence electrons. The Bertz CT molecular complexity index is 870. The van der Waals surface area contributed by atoms with Crippen LogP contribution >= 0.6 is 0 Å². The number of aromatic nitrogens is 2. The number of anilines is 3. The van der Waals surface area contributed by atoms with Crippen LogP contribution in [0, 0.1) is 0 Å². The van der Waals surface area contributed by atoms with Crippen molar-refractivity contribution < 1.29 is 9.84 Å². The molecule has 34 heavy (non-hydrogen) atoms. The topological polar surface area (TPSA) is 68.2 Å². The van der Waals surface area contributed by atoms with Gasteiger partial charge in [0, 0.05) is 58.4 Å². The summed E-state index contributed by atoms with van der Waals surface area (Å²) < 4.78 is 5.77. The summed E-state index contributed by atoms with van der Waals surface area (Å²) in [4.78, 5) is 19.8. The lowest BCUT2D eigenvalue weighted by atomic mass is 10.2. The van der Waals surface area contributed by atoms with Gasteiger partial charge in [0.1, 0.15) is 23.1 Å². The van der Waals surface area contributed by atoms with E-state index in [0.29, 0.717) is 6.61 Å². The van der Waals surface area contributed by atoms with Gasteiger partial charge in [-0.3, -0.25) is 4.90 Å². The fourth-order valence-corrected chi connectivity index (χ4v) is 5.11. The number of unbranched alkanes of at least 4 members (excludes halogenated alkanes) is 1. The third-order valence-electron chi connectivity index (χ3n) is 7.18. The third kappa shape index (κ3) is 5.84. The van der Waals surface area contributed by atoms with Crippen molar-refractivity contribution in [3.05, 3.63) is 30.3 Å². The van der Waals surface area contributed by atoms with Crippen LogP contribution in [0.2, 0.25) is 0 Å². The highest BCUT2D eigenvalue weighted by atomic mass is 16.5. The molecule has 4 heterocycles. The molecule has 0 unspecified atom stereocenters. The summed E-state index contributed by atoms with van der Waals surface area (Å²) in [6.07, 6.45) is 7.17. The summed E-state index contributed by atoms with van der Waals surface area (Å²) in [7, 11) is 0. The Labute approximate surface area is 203 Å². The highest BCUT2D eigenvalue weighted by molar-refractivity contribution is 5.56. The monoisotopic (exact) mass is 466 g/mol. The van der Waals surface area contributed by atoms with E-state index < -0.39 is 0 Å². The SMILES string of the molecule is Oc1ccc(OCCCCN2CCN(c3cc(N4CCCC4)nc(N4CCCC4)n3)CC2)cc1. The normalized spacial score (nSPS) is 19.2. The molecule has 0 saturated carbocycles. The molecule has 3 fully saturated rings. The minimum absolute atomic E-state index is 0.271. The quantitative estimate of drug-likeness (QED) is 0.565. The van der Waals surface area contributed by atoms with Crippen LogP contribution in [0.15, 0.2) is 30.3 Å². The van der Waals surface area contributed by atoms with Gasteiger partial charge < -0.3 is 24.5 Å². The van der Waals surface area contributed by atoms with E-state index in [1.54, 1.807) is 12.1 Å². The summed E-state index contributed by atoms with van der Waals surface area (Å²) in [6.45, 7) is 10.4. The van der Waals surface area contributed by atoms with Crippen LogP contribution < -0.4 is 19.4 Å². The molecule has 5 rings (SSSR count). The number of benzene rings is 1. The molecule has 0 aliphatic carbocycles. The average molecular weight is 467 g/mol. The molecule has 0 amide bonds. The smallest absolute Gasteiger partial charge is 0.229 e. The van der Waals surface area contributed by atoms with E-state index in [-0.39, 0.29) is 5.75 Å². The standard InChI is InChI=1S/C26H38N6O2/c33-22-7-9-23(10-8-22)34-20-6-5-11-29-16-18-31(19-17-29)25-21-24(30-12-1-2-13-30)27-26(28-25)32-14-3-4-15-32/h7-10,21,33H,1-6,11-20H2. The van der Waals surface area contributed by atoms with Gasteiger partial charge in [-0.2, -0.15) is 9.97 Å². The lowest BCUT2D eigenvalue weighted by Gasteiger charge is -2.36. The van der Waals surface area contributed by atoms with Gasteiger partial charge in [0.15, 0.2) is 0 Å². The van der Waals surface area contributed by atoms with Gasteiger partial charge in [0.2, 0.25) is 5.95 Å². The van der Waals surface area contributed by atoms with Crippen LogP contribution in [0.25, 0.3) is 0 Å². The highest BCUT2D eigenvalue weighted by Crippen LogP contribution is 2.28. The van der Waals surface area contributed by atoms with Crippen LogP contribution in [0.4, 0.5) is 17.6 Å². The first-order valence-corrected chi connectivity index (χ1v) is 13.0. The average Bonchev–Trinajstić information content (AvgIpc) is 3.60. The first-order valence-electron chi connectivity index (χ1n) is 13.0. The molecule has 8 heteroatoms. The maximum atomic E-state index is 9.35. The number of rotatable bonds is 9. The molecular weight excluding hydrogens is 428 g/mol. The minimum Gasteiger partial charge on any atom is -0.508 e. The first-order chi connectivity index (χ1) is 16.7. The predicted octanol–water partition coefficient (Wildman–Crippen LogP) is 3.36. The lowest BCUT2D eigenvalue weighted by Crippen LogP contribution is -2.47. The van der Waals surface area contributed by atoms with Crippen molar-refractivity contribution in [3.63, 3.8) is 0 Å². The summed E-state index contributed by atoms with van der Waals surface area (Å²) in [5, 5.41) is 9.35. The molecule has 3 aliphatic heterocycles. The lowest BCUT2D eigenvalue weighted by molar-refractivity contribution is 0.238. The van der Waals surface area contributed by atoms with Crippen molar-refractivity contribution in [1.29, 1.82) is 0 Å². The van der Waals surface area contributed by atoms with Crippen molar-refractivity contribution in [2.24, 2.45) is 0 Å². The second kappa shape index (κ2) is 11.1. The van der Waals surface area contributed by atoms with E-state index in [1.807, 2.05) is 12.1 Å². The molecule has 0 bridgehead atoms. The van der Waals surface area contributed by atoms with Crippen molar-refractivity contribution in [1.82, 2.24) is 14.9 Å². The van der Waals surface area contributed by atoms with Gasteiger partial charge in [-0.05, 0) is 69.3 Å². The number of piperazine rings is 1. The first kappa shape index (κ1) is 23.0. The van der Waals surface area contributed by atoms with E-state index in [9.17, 15) is 5.11 Å². The van der Waals surface area contributed by atoms with E-state index in [1.165, 1.54) is 25.7 Å². The van der Waals surface area contributed by atoms with Crippen LogP contribution in [0.5, 0.6) is 11.5 Å². The summed E-state index contributed by atoms with van der Waals surface area (Å²) in [5.74, 6) is 4.22. The zero-order valence-electron chi connectivity index (χ0n) is 20.2. The van der Waals surface area contributed by atoms with Crippen LogP contribution in [0.1, 0.15) is 38.5 Å². The van der Waals surface area contributed by atoms with Crippen molar-refractivity contribution in [2.75, 3.05) is 80.2 Å². The van der Waals surface area contributed by atoms with Crippen LogP contribution in [0.3, 0.4) is 0 Å². The maximum absolute atomic E-state index is 9.35. The molecule has 0 spiro atoms. The van der Waals surface area contributed by atoms with Crippen LogP contribution in [-0.4, -0.2) is 85.5 Å². The number of ether oxygens (including phenoxy) is 1. The summed E-state index contributed by atoms with van der Waals surface area (Å²) in [5.41, 5.74) is 0. The summed E-state index contributed by atoms with van der Waals surface area (Å²) >= 11 is 0. The third-order valence-corrected chi connectivity index (χ3v) is 7.18. The Morgan fingerprint density at radius 2 is 1.29 bits per heavy atom. The van der Waals surface area contributed by atoms with Crippen LogP contribution in [-0.2, 0) is 0 Å². The van der Waals surface area contributed by atoms with Crippen molar-refractivity contribution in [3.8, 4) is 11.5 Å². The number of aromatic hydroxyl groups is 1. The van der Waals surface area contributed by atoms with E-state index >= 15 is 0 Å². The number of hydrogen-bond acceptors (Lipinski definition) is 8. The van der Waals surface area contributed by atoms with Gasteiger partial charge in [0.05, 0.1) is 6.61 Å². The second-order valence-electron chi connectivity index (χ2n) is 9.65. The fraction of sp³-hybridized carbons (Fsp3) is 0.615. The Hall–Kier alpha value is -2.74. The molecule has 3 saturated heterocycles. The fourth-order valence-electron chi connectivity index (χ4n) is 5.11. The van der Waals surface area contributed by atoms with Gasteiger partial charge >= 0.3 is 0 Å². The van der Waals surface area contributed by atoms with Gasteiger partial charge in [-0.1, -0.05) is 0 Å². The second-order valence-corrected chi connectivity index (χ2v) is 9.65. The van der Waals surface area contributed by atoms with E-state index in [4.69, 9.17) is 14.7 Å². The number of phenolic OH excluding ortho intramolecular Hbond substituents is 1. The molecule has 1 N–H and O–H groups in total. The Balaban J connectivity index is 1.11. The largest absolute Gasteiger partial charge is 0.508 e. The van der Waals surface area contributed by atoms with Crippen molar-refractivity contribution >= 4 is 17.6 Å². The van der Waals surface area contributed by atoms with Gasteiger partial charge in [0.25, 0.3) is 0 Å². The number of phenols is 1. The number of hydrogen-bond donors (Lipinski definition) is 1. The molecule has 2 aromatic rings. The molecule has 8 nitrogen and oxygen atoms in total. The maximum Gasteiger partial charge on any atom is 0.229 e. The Morgan fingerprint density at radius 3 is 1.94 bits per heavy atom. The van der Waals surface area contributed by atoms with E-state index in [2.05, 4.69) is 25.7 Å². The van der Waals surface area contributed by atoms with Gasteiger partial charge in [-0.25, -0.2) is 0 Å². The van der Waals surface area contributed by atoms with Crippen molar-refractivity contribution in [2.45, 2.75) is 38.5 Å². The molecule has 3 aliphatic rings. The predicted molar refractivity (Wildman–Crippen MR) is 136 cm³/mol. The Kier molecular flexibility index (Phi) is 7.53. The molecule has 0 radical (unpaired) electrons. The highest BCUT2D eigenvalue weighted by Gasteiger charge is 2.24. The Morgan fingerprint density at radius 1 is 0.706 bits per heavy atom. The summed E-state index contributed by atoms with van der Waals surface area (Å²) in [6, 6.07) is 9.17. The van der Waals surface area contributed by atoms with E-state index in [0.717, 1.165) is 95.1 Å². The molecule has 0 atom stereocenters. The zero-order chi connectivity index (χ0) is 23.2. The molecule has 1 aromatic carbocycles. The minimum atomic E-state index is 0.271. The molecule has 1 aromatic heterocycles. The molecular formula is C26H38N6O2. The number of nitrogens with zero attached hydrogens (tertiary/aromatic N) is 6. The zero-order valence-corrected chi connectivity index (χ0v) is 20.2.